The van der Waals surface area contributed by atoms with Gasteiger partial charge in [0.1, 0.15) is 5.75 Å². The summed E-state index contributed by atoms with van der Waals surface area (Å²) in [6.45, 7) is 4.29. The van der Waals surface area contributed by atoms with E-state index >= 15 is 0 Å². The third-order valence-electron chi connectivity index (χ3n) is 3.11. The highest BCUT2D eigenvalue weighted by Gasteiger charge is 2.14. The van der Waals surface area contributed by atoms with E-state index in [4.69, 9.17) is 10.5 Å². The van der Waals surface area contributed by atoms with Crippen molar-refractivity contribution in [3.05, 3.63) is 39.7 Å². The first kappa shape index (κ1) is 14.6. The Labute approximate surface area is 126 Å². The number of methoxy groups -OCH3 is 1. The maximum Gasteiger partial charge on any atom is 0.133 e. The molecule has 2 N–H and O–H groups in total. The van der Waals surface area contributed by atoms with Gasteiger partial charge >= 0.3 is 0 Å². The van der Waals surface area contributed by atoms with E-state index in [0.29, 0.717) is 5.92 Å². The Hall–Kier alpha value is -0.840. The van der Waals surface area contributed by atoms with Crippen LogP contribution in [0.15, 0.2) is 34.8 Å². The lowest BCUT2D eigenvalue weighted by Crippen LogP contribution is -2.14. The van der Waals surface area contributed by atoms with Gasteiger partial charge in [-0.25, -0.2) is 0 Å². The van der Waals surface area contributed by atoms with E-state index < -0.39 is 0 Å². The highest BCUT2D eigenvalue weighted by atomic mass is 79.9. The molecule has 1 aromatic carbocycles. The van der Waals surface area contributed by atoms with Gasteiger partial charge < -0.3 is 10.5 Å². The maximum absolute atomic E-state index is 6.19. The normalized spacial score (nSPS) is 12.7. The van der Waals surface area contributed by atoms with Gasteiger partial charge in [-0.3, -0.25) is 0 Å². The molecular formula is C15H18BrNOS. The van der Waals surface area contributed by atoms with E-state index in [9.17, 15) is 0 Å². The van der Waals surface area contributed by atoms with Crippen LogP contribution >= 0.6 is 27.3 Å². The quantitative estimate of drug-likeness (QED) is 0.864. The van der Waals surface area contributed by atoms with E-state index in [1.165, 1.54) is 9.75 Å². The monoisotopic (exact) mass is 339 g/mol. The Morgan fingerprint density at radius 2 is 1.95 bits per heavy atom. The van der Waals surface area contributed by atoms with Crippen molar-refractivity contribution in [1.29, 1.82) is 0 Å². The van der Waals surface area contributed by atoms with Crippen molar-refractivity contribution in [2.45, 2.75) is 19.9 Å². The summed E-state index contributed by atoms with van der Waals surface area (Å²) in [6, 6.07) is 10.5. The molecule has 4 heteroatoms. The fourth-order valence-corrected chi connectivity index (χ4v) is 3.42. The highest BCUT2D eigenvalue weighted by molar-refractivity contribution is 9.10. The summed E-state index contributed by atoms with van der Waals surface area (Å²) in [5.74, 6) is 1.30. The average Bonchev–Trinajstić information content (AvgIpc) is 2.87. The molecule has 1 unspecified atom stereocenters. The Morgan fingerprint density at radius 3 is 2.58 bits per heavy atom. The number of benzene rings is 1. The first-order valence-corrected chi connectivity index (χ1v) is 7.83. The minimum Gasteiger partial charge on any atom is -0.496 e. The van der Waals surface area contributed by atoms with Crippen LogP contribution in [0.3, 0.4) is 0 Å². The first-order valence-electron chi connectivity index (χ1n) is 6.22. The lowest BCUT2D eigenvalue weighted by atomic mass is 10.0. The Kier molecular flexibility index (Phi) is 4.66. The Balaban J connectivity index is 2.32. The fraction of sp³-hybridized carbons (Fsp3) is 0.333. The topological polar surface area (TPSA) is 35.2 Å². The van der Waals surface area contributed by atoms with Crippen LogP contribution in [0.2, 0.25) is 0 Å². The van der Waals surface area contributed by atoms with Gasteiger partial charge in [0.2, 0.25) is 0 Å². The van der Waals surface area contributed by atoms with Gasteiger partial charge in [-0.05, 0) is 51.7 Å². The van der Waals surface area contributed by atoms with Crippen molar-refractivity contribution in [2.24, 2.45) is 11.7 Å². The number of nitrogens with two attached hydrogens (primary N) is 1. The molecule has 19 heavy (non-hydrogen) atoms. The minimum atomic E-state index is 0.107. The fourth-order valence-electron chi connectivity index (χ4n) is 1.83. The molecule has 0 saturated heterocycles. The van der Waals surface area contributed by atoms with Crippen molar-refractivity contribution >= 4 is 27.3 Å². The van der Waals surface area contributed by atoms with Crippen LogP contribution in [0, 0.1) is 5.92 Å². The van der Waals surface area contributed by atoms with E-state index in [1.54, 1.807) is 18.4 Å². The summed E-state index contributed by atoms with van der Waals surface area (Å²) in [7, 11) is 1.68. The molecule has 0 fully saturated rings. The zero-order valence-electron chi connectivity index (χ0n) is 11.3. The van der Waals surface area contributed by atoms with Crippen LogP contribution in [-0.2, 0) is 0 Å². The Morgan fingerprint density at radius 1 is 1.21 bits per heavy atom. The standard InChI is InChI=1S/C15H18BrNOS/c1-9(2)15(17)14-7-6-13(19-14)10-4-5-11(16)12(8-10)18-3/h4-9,15H,17H2,1-3H3. The predicted octanol–water partition coefficient (Wildman–Crippen LogP) is 4.84. The number of ether oxygens (including phenoxy) is 1. The number of rotatable bonds is 4. The van der Waals surface area contributed by atoms with Crippen LogP contribution in [0.5, 0.6) is 5.75 Å². The molecule has 1 aromatic heterocycles. The summed E-state index contributed by atoms with van der Waals surface area (Å²) in [6.07, 6.45) is 0. The second kappa shape index (κ2) is 6.07. The van der Waals surface area contributed by atoms with Gasteiger partial charge in [0.25, 0.3) is 0 Å². The molecular weight excluding hydrogens is 322 g/mol. The smallest absolute Gasteiger partial charge is 0.133 e. The molecule has 0 aliphatic heterocycles. The molecule has 1 atom stereocenters. The van der Waals surface area contributed by atoms with Crippen LogP contribution in [0.25, 0.3) is 10.4 Å². The van der Waals surface area contributed by atoms with Crippen molar-refractivity contribution in [2.75, 3.05) is 7.11 Å². The van der Waals surface area contributed by atoms with Crippen LogP contribution in [-0.4, -0.2) is 7.11 Å². The third-order valence-corrected chi connectivity index (χ3v) is 5.00. The van der Waals surface area contributed by atoms with E-state index in [0.717, 1.165) is 15.8 Å². The molecule has 2 rings (SSSR count). The molecule has 0 amide bonds. The van der Waals surface area contributed by atoms with Gasteiger partial charge in [-0.2, -0.15) is 0 Å². The van der Waals surface area contributed by atoms with Crippen molar-refractivity contribution in [1.82, 2.24) is 0 Å². The van der Waals surface area contributed by atoms with E-state index in [2.05, 4.69) is 48.0 Å². The van der Waals surface area contributed by atoms with Crippen molar-refractivity contribution in [3.63, 3.8) is 0 Å². The maximum atomic E-state index is 6.19. The zero-order chi connectivity index (χ0) is 14.0. The van der Waals surface area contributed by atoms with Crippen LogP contribution in [0.4, 0.5) is 0 Å². The molecule has 0 spiro atoms. The molecule has 2 aromatic rings. The predicted molar refractivity (Wildman–Crippen MR) is 85.8 cm³/mol. The molecule has 0 aliphatic carbocycles. The summed E-state index contributed by atoms with van der Waals surface area (Å²) in [5.41, 5.74) is 7.35. The number of hydrogen-bond donors (Lipinski definition) is 1. The molecule has 0 bridgehead atoms. The second-order valence-electron chi connectivity index (χ2n) is 4.82. The molecule has 0 aliphatic rings. The SMILES string of the molecule is COc1cc(-c2ccc(C(N)C(C)C)s2)ccc1Br. The van der Waals surface area contributed by atoms with Gasteiger partial charge in [-0.15, -0.1) is 11.3 Å². The summed E-state index contributed by atoms with van der Waals surface area (Å²) < 4.78 is 6.30. The van der Waals surface area contributed by atoms with Gasteiger partial charge in [0, 0.05) is 15.8 Å². The van der Waals surface area contributed by atoms with Gasteiger partial charge in [0.05, 0.1) is 11.6 Å². The number of thiophene rings is 1. The Bertz CT molecular complexity index is 565. The third kappa shape index (κ3) is 3.19. The summed E-state index contributed by atoms with van der Waals surface area (Å²) >= 11 is 5.22. The second-order valence-corrected chi connectivity index (χ2v) is 6.79. The van der Waals surface area contributed by atoms with Crippen molar-refractivity contribution in [3.8, 4) is 16.2 Å². The molecule has 1 heterocycles. The lowest BCUT2D eigenvalue weighted by Gasteiger charge is -2.13. The average molecular weight is 340 g/mol. The number of hydrogen-bond acceptors (Lipinski definition) is 3. The largest absolute Gasteiger partial charge is 0.496 e. The van der Waals surface area contributed by atoms with E-state index in [1.807, 2.05) is 12.1 Å². The summed E-state index contributed by atoms with van der Waals surface area (Å²) in [4.78, 5) is 2.45. The molecule has 102 valence electrons. The van der Waals surface area contributed by atoms with Crippen LogP contribution < -0.4 is 10.5 Å². The minimum absolute atomic E-state index is 0.107. The molecule has 0 saturated carbocycles. The zero-order valence-corrected chi connectivity index (χ0v) is 13.7. The molecule has 0 radical (unpaired) electrons. The van der Waals surface area contributed by atoms with Gasteiger partial charge in [-0.1, -0.05) is 19.9 Å². The van der Waals surface area contributed by atoms with E-state index in [-0.39, 0.29) is 6.04 Å². The van der Waals surface area contributed by atoms with Gasteiger partial charge in [0.15, 0.2) is 0 Å². The lowest BCUT2D eigenvalue weighted by molar-refractivity contribution is 0.412. The molecule has 2 nitrogen and oxygen atoms in total. The summed E-state index contributed by atoms with van der Waals surface area (Å²) in [5, 5.41) is 0. The van der Waals surface area contributed by atoms with Crippen LogP contribution in [0.1, 0.15) is 24.8 Å². The number of halogens is 1. The highest BCUT2D eigenvalue weighted by Crippen LogP contribution is 2.36. The van der Waals surface area contributed by atoms with Crippen molar-refractivity contribution < 1.29 is 4.74 Å². The first-order chi connectivity index (χ1) is 9.02.